The van der Waals surface area contributed by atoms with Gasteiger partial charge in [0.25, 0.3) is 0 Å². The first-order chi connectivity index (χ1) is 7.74. The standard InChI is InChI=1S/C11H16BrN3O/c12-10-5-2-1-4-9(10)8-14-7-3-6-11(13)15-16/h1-2,4-5,14,16H,3,6-8H2,(H2,13,15). The molecule has 1 aromatic carbocycles. The number of halogens is 1. The molecule has 0 unspecified atom stereocenters. The highest BCUT2D eigenvalue weighted by Gasteiger charge is 1.98. The smallest absolute Gasteiger partial charge is 0.139 e. The molecular formula is C11H16BrN3O. The maximum Gasteiger partial charge on any atom is 0.139 e. The van der Waals surface area contributed by atoms with Crippen molar-refractivity contribution >= 4 is 21.8 Å². The molecule has 16 heavy (non-hydrogen) atoms. The lowest BCUT2D eigenvalue weighted by molar-refractivity contribution is 0.316. The van der Waals surface area contributed by atoms with Crippen LogP contribution in [0, 0.1) is 0 Å². The maximum absolute atomic E-state index is 8.34. The summed E-state index contributed by atoms with van der Waals surface area (Å²) in [6, 6.07) is 8.10. The zero-order valence-corrected chi connectivity index (χ0v) is 10.6. The molecular weight excluding hydrogens is 270 g/mol. The predicted molar refractivity (Wildman–Crippen MR) is 68.5 cm³/mol. The van der Waals surface area contributed by atoms with Gasteiger partial charge in [-0.25, -0.2) is 0 Å². The normalized spacial score (nSPS) is 11.7. The van der Waals surface area contributed by atoms with Crippen molar-refractivity contribution in [3.8, 4) is 0 Å². The van der Waals surface area contributed by atoms with Crippen LogP contribution in [0.5, 0.6) is 0 Å². The van der Waals surface area contributed by atoms with Crippen molar-refractivity contribution in [1.82, 2.24) is 5.32 Å². The summed E-state index contributed by atoms with van der Waals surface area (Å²) in [6.45, 7) is 1.66. The van der Waals surface area contributed by atoms with Gasteiger partial charge in [0.1, 0.15) is 5.84 Å². The van der Waals surface area contributed by atoms with E-state index in [-0.39, 0.29) is 5.84 Å². The van der Waals surface area contributed by atoms with Crippen molar-refractivity contribution in [2.45, 2.75) is 19.4 Å². The highest BCUT2D eigenvalue weighted by atomic mass is 79.9. The largest absolute Gasteiger partial charge is 0.409 e. The topological polar surface area (TPSA) is 70.6 Å². The predicted octanol–water partition coefficient (Wildman–Crippen LogP) is 2.07. The van der Waals surface area contributed by atoms with Gasteiger partial charge in [-0.1, -0.05) is 39.3 Å². The van der Waals surface area contributed by atoms with E-state index in [2.05, 4.69) is 32.5 Å². The quantitative estimate of drug-likeness (QED) is 0.246. The second-order valence-electron chi connectivity index (χ2n) is 3.46. The number of nitrogens with zero attached hydrogens (tertiary/aromatic N) is 1. The molecule has 0 radical (unpaired) electrons. The Morgan fingerprint density at radius 2 is 2.19 bits per heavy atom. The highest BCUT2D eigenvalue weighted by Crippen LogP contribution is 2.15. The molecule has 0 aromatic heterocycles. The number of hydrogen-bond acceptors (Lipinski definition) is 3. The number of hydrogen-bond donors (Lipinski definition) is 3. The number of rotatable bonds is 6. The van der Waals surface area contributed by atoms with Crippen molar-refractivity contribution in [2.75, 3.05) is 6.54 Å². The molecule has 0 amide bonds. The van der Waals surface area contributed by atoms with E-state index in [9.17, 15) is 0 Å². The van der Waals surface area contributed by atoms with Crippen molar-refractivity contribution in [3.63, 3.8) is 0 Å². The molecule has 88 valence electrons. The number of oxime groups is 1. The third-order valence-corrected chi connectivity index (χ3v) is 2.96. The molecule has 0 fully saturated rings. The third kappa shape index (κ3) is 4.63. The first-order valence-electron chi connectivity index (χ1n) is 5.14. The summed E-state index contributed by atoms with van der Waals surface area (Å²) in [6.07, 6.45) is 1.47. The van der Waals surface area contributed by atoms with E-state index in [4.69, 9.17) is 10.9 Å². The molecule has 0 aliphatic carbocycles. The summed E-state index contributed by atoms with van der Waals surface area (Å²) < 4.78 is 1.11. The fraction of sp³-hybridized carbons (Fsp3) is 0.364. The molecule has 0 bridgehead atoms. The number of nitrogens with one attached hydrogen (secondary N) is 1. The molecule has 5 heteroatoms. The molecule has 0 saturated carbocycles. The highest BCUT2D eigenvalue weighted by molar-refractivity contribution is 9.10. The zero-order chi connectivity index (χ0) is 11.8. The Kier molecular flexibility index (Phi) is 5.88. The fourth-order valence-electron chi connectivity index (χ4n) is 1.31. The first-order valence-corrected chi connectivity index (χ1v) is 5.94. The summed E-state index contributed by atoms with van der Waals surface area (Å²) in [5.74, 6) is 0.280. The van der Waals surface area contributed by atoms with Crippen LogP contribution in [0.25, 0.3) is 0 Å². The van der Waals surface area contributed by atoms with Gasteiger partial charge in [0.15, 0.2) is 0 Å². The summed E-state index contributed by atoms with van der Waals surface area (Å²) in [5.41, 5.74) is 6.58. The number of amidine groups is 1. The van der Waals surface area contributed by atoms with Gasteiger partial charge in [-0.15, -0.1) is 0 Å². The minimum absolute atomic E-state index is 0.280. The zero-order valence-electron chi connectivity index (χ0n) is 8.99. The molecule has 0 heterocycles. The van der Waals surface area contributed by atoms with Gasteiger partial charge in [-0.3, -0.25) is 0 Å². The van der Waals surface area contributed by atoms with Crippen LogP contribution in [-0.4, -0.2) is 17.6 Å². The molecule has 0 aliphatic rings. The van der Waals surface area contributed by atoms with Gasteiger partial charge in [0.05, 0.1) is 0 Å². The van der Waals surface area contributed by atoms with Crippen LogP contribution in [-0.2, 0) is 6.54 Å². The Balaban J connectivity index is 2.19. The lowest BCUT2D eigenvalue weighted by atomic mass is 10.2. The average molecular weight is 286 g/mol. The van der Waals surface area contributed by atoms with E-state index < -0.39 is 0 Å². The Bertz CT molecular complexity index is 355. The van der Waals surface area contributed by atoms with Gasteiger partial charge in [-0.05, 0) is 24.6 Å². The summed E-state index contributed by atoms with van der Waals surface area (Å²) in [7, 11) is 0. The van der Waals surface area contributed by atoms with Crippen LogP contribution < -0.4 is 11.1 Å². The summed E-state index contributed by atoms with van der Waals surface area (Å²) in [5, 5.41) is 14.6. The van der Waals surface area contributed by atoms with Crippen LogP contribution in [0.4, 0.5) is 0 Å². The molecule has 0 saturated heterocycles. The SMILES string of the molecule is NC(CCCNCc1ccccc1Br)=NO. The maximum atomic E-state index is 8.34. The van der Waals surface area contributed by atoms with Gasteiger partial charge in [-0.2, -0.15) is 0 Å². The molecule has 4 nitrogen and oxygen atoms in total. The van der Waals surface area contributed by atoms with Crippen molar-refractivity contribution < 1.29 is 5.21 Å². The summed E-state index contributed by atoms with van der Waals surface area (Å²) >= 11 is 3.49. The van der Waals surface area contributed by atoms with Gasteiger partial charge < -0.3 is 16.3 Å². The van der Waals surface area contributed by atoms with Gasteiger partial charge in [0, 0.05) is 17.4 Å². The molecule has 4 N–H and O–H groups in total. The van der Waals surface area contributed by atoms with E-state index in [0.29, 0.717) is 6.42 Å². The second-order valence-corrected chi connectivity index (χ2v) is 4.32. The van der Waals surface area contributed by atoms with Crippen molar-refractivity contribution in [2.24, 2.45) is 10.9 Å². The van der Waals surface area contributed by atoms with Crippen LogP contribution >= 0.6 is 15.9 Å². The number of benzene rings is 1. The average Bonchev–Trinajstić information content (AvgIpc) is 2.30. The van der Waals surface area contributed by atoms with Crippen LogP contribution in [0.3, 0.4) is 0 Å². The minimum Gasteiger partial charge on any atom is -0.409 e. The van der Waals surface area contributed by atoms with E-state index in [1.165, 1.54) is 5.56 Å². The Morgan fingerprint density at radius 1 is 1.44 bits per heavy atom. The van der Waals surface area contributed by atoms with Crippen LogP contribution in [0.1, 0.15) is 18.4 Å². The fourth-order valence-corrected chi connectivity index (χ4v) is 1.73. The molecule has 1 rings (SSSR count). The monoisotopic (exact) mass is 285 g/mol. The third-order valence-electron chi connectivity index (χ3n) is 2.19. The van der Waals surface area contributed by atoms with Crippen molar-refractivity contribution in [1.29, 1.82) is 0 Å². The molecule has 0 spiro atoms. The molecule has 1 aromatic rings. The second kappa shape index (κ2) is 7.24. The Labute approximate surface area is 104 Å². The van der Waals surface area contributed by atoms with E-state index in [0.717, 1.165) is 24.0 Å². The van der Waals surface area contributed by atoms with Crippen LogP contribution in [0.2, 0.25) is 0 Å². The summed E-state index contributed by atoms with van der Waals surface area (Å²) in [4.78, 5) is 0. The van der Waals surface area contributed by atoms with E-state index >= 15 is 0 Å². The van der Waals surface area contributed by atoms with E-state index in [1.54, 1.807) is 0 Å². The van der Waals surface area contributed by atoms with E-state index in [1.807, 2.05) is 18.2 Å². The first kappa shape index (κ1) is 13.0. The lowest BCUT2D eigenvalue weighted by Gasteiger charge is -2.06. The lowest BCUT2D eigenvalue weighted by Crippen LogP contribution is -2.18. The van der Waals surface area contributed by atoms with Crippen molar-refractivity contribution in [3.05, 3.63) is 34.3 Å². The van der Waals surface area contributed by atoms with Crippen LogP contribution in [0.15, 0.2) is 33.9 Å². The van der Waals surface area contributed by atoms with Gasteiger partial charge >= 0.3 is 0 Å². The molecule has 0 aliphatic heterocycles. The number of nitrogens with two attached hydrogens (primary N) is 1. The van der Waals surface area contributed by atoms with Gasteiger partial charge in [0.2, 0.25) is 0 Å². The molecule has 0 atom stereocenters. The minimum atomic E-state index is 0.280. The Hall–Kier alpha value is -1.07. The Morgan fingerprint density at radius 3 is 2.88 bits per heavy atom.